The molecule has 0 aliphatic heterocycles. The third kappa shape index (κ3) is 1.97. The molecule has 0 radical (unpaired) electrons. The van der Waals surface area contributed by atoms with Gasteiger partial charge in [-0.05, 0) is 13.3 Å². The van der Waals surface area contributed by atoms with E-state index in [1.54, 1.807) is 0 Å². The van der Waals surface area contributed by atoms with Crippen molar-refractivity contribution in [1.82, 2.24) is 0 Å². The van der Waals surface area contributed by atoms with Crippen molar-refractivity contribution in [3.8, 4) is 0 Å². The summed E-state index contributed by atoms with van der Waals surface area (Å²) in [6.07, 6.45) is -5.72. The number of esters is 1. The van der Waals surface area contributed by atoms with Crippen LogP contribution in [0.4, 0.5) is 26.3 Å². The van der Waals surface area contributed by atoms with Crippen LogP contribution in [-0.4, -0.2) is 29.8 Å². The minimum Gasteiger partial charge on any atom is -0.418 e. The van der Waals surface area contributed by atoms with Crippen molar-refractivity contribution in [1.29, 1.82) is 0 Å². The predicted molar refractivity (Wildman–Crippen MR) is 48.8 cm³/mol. The Hall–Kier alpha value is -1.21. The summed E-state index contributed by atoms with van der Waals surface area (Å²) < 4.78 is 82.6. The third-order valence-electron chi connectivity index (χ3n) is 2.60. The number of hydrogen-bond acceptors (Lipinski definition) is 2. The van der Waals surface area contributed by atoms with Crippen LogP contribution in [0.2, 0.25) is 0 Å². The lowest BCUT2D eigenvalue weighted by Crippen LogP contribution is -2.65. The average Bonchev–Trinajstić information content (AvgIpc) is 2.23. The van der Waals surface area contributed by atoms with E-state index < -0.39 is 48.3 Å². The van der Waals surface area contributed by atoms with Crippen molar-refractivity contribution in [2.24, 2.45) is 0 Å². The fourth-order valence-electron chi connectivity index (χ4n) is 1.45. The van der Waals surface area contributed by atoms with E-state index >= 15 is 0 Å². The summed E-state index contributed by atoms with van der Waals surface area (Å²) in [5, 5.41) is 0. The average molecular weight is 276 g/mol. The van der Waals surface area contributed by atoms with Crippen molar-refractivity contribution >= 4 is 5.97 Å². The topological polar surface area (TPSA) is 26.3 Å². The molecule has 1 aliphatic rings. The molecule has 0 spiro atoms. The van der Waals surface area contributed by atoms with Crippen LogP contribution >= 0.6 is 0 Å². The summed E-state index contributed by atoms with van der Waals surface area (Å²) >= 11 is 0. The van der Waals surface area contributed by atoms with Gasteiger partial charge in [0.2, 0.25) is 0 Å². The van der Waals surface area contributed by atoms with E-state index in [0.717, 1.165) is 6.92 Å². The molecule has 1 saturated carbocycles. The Bertz CT molecular complexity index is 381. The Morgan fingerprint density at radius 1 is 1.28 bits per heavy atom. The standard InChI is InChI=1S/C10H10F6O2/c1-5(2)7(17)18-8(12)4-3-6(11)9(13,14)10(8,15)16/h6H,1,3-4H2,2H3. The second-order valence-corrected chi connectivity index (χ2v) is 4.10. The van der Waals surface area contributed by atoms with E-state index in [9.17, 15) is 31.1 Å². The van der Waals surface area contributed by atoms with Crippen LogP contribution in [0.3, 0.4) is 0 Å². The van der Waals surface area contributed by atoms with Crippen LogP contribution in [0.25, 0.3) is 0 Å². The molecular weight excluding hydrogens is 266 g/mol. The number of hydrogen-bond donors (Lipinski definition) is 0. The van der Waals surface area contributed by atoms with E-state index in [4.69, 9.17) is 0 Å². The Morgan fingerprint density at radius 2 is 1.78 bits per heavy atom. The molecule has 0 N–H and O–H groups in total. The first-order valence-electron chi connectivity index (χ1n) is 4.93. The van der Waals surface area contributed by atoms with Crippen LogP contribution in [0, 0.1) is 0 Å². The third-order valence-corrected chi connectivity index (χ3v) is 2.60. The Labute approximate surface area is 98.6 Å². The van der Waals surface area contributed by atoms with Crippen LogP contribution in [0.5, 0.6) is 0 Å². The summed E-state index contributed by atoms with van der Waals surface area (Å²) in [7, 11) is 0. The molecular formula is C10H10F6O2. The molecule has 1 rings (SSSR count). The SMILES string of the molecule is C=C(C)C(=O)OC1(F)CCC(F)C(F)(F)C1(F)F. The highest BCUT2D eigenvalue weighted by Crippen LogP contribution is 2.54. The van der Waals surface area contributed by atoms with Gasteiger partial charge in [-0.15, -0.1) is 0 Å². The molecule has 18 heavy (non-hydrogen) atoms. The van der Waals surface area contributed by atoms with Gasteiger partial charge in [0.15, 0.2) is 6.17 Å². The monoisotopic (exact) mass is 276 g/mol. The van der Waals surface area contributed by atoms with E-state index in [0.29, 0.717) is 0 Å². The largest absolute Gasteiger partial charge is 0.418 e. The van der Waals surface area contributed by atoms with E-state index in [-0.39, 0.29) is 0 Å². The maximum atomic E-state index is 13.7. The van der Waals surface area contributed by atoms with Gasteiger partial charge in [-0.25, -0.2) is 9.18 Å². The van der Waals surface area contributed by atoms with Gasteiger partial charge >= 0.3 is 23.7 Å². The second-order valence-electron chi connectivity index (χ2n) is 4.10. The quantitative estimate of drug-likeness (QED) is 0.440. The zero-order valence-corrected chi connectivity index (χ0v) is 9.28. The van der Waals surface area contributed by atoms with Gasteiger partial charge in [0, 0.05) is 12.0 Å². The molecule has 2 nitrogen and oxygen atoms in total. The van der Waals surface area contributed by atoms with Crippen LogP contribution < -0.4 is 0 Å². The zero-order chi connectivity index (χ0) is 14.4. The van der Waals surface area contributed by atoms with Crippen LogP contribution in [0.1, 0.15) is 19.8 Å². The molecule has 0 amide bonds. The molecule has 0 heterocycles. The minimum atomic E-state index is -5.44. The number of halogens is 6. The lowest BCUT2D eigenvalue weighted by molar-refractivity contribution is -0.368. The molecule has 2 unspecified atom stereocenters. The van der Waals surface area contributed by atoms with Crippen molar-refractivity contribution in [3.63, 3.8) is 0 Å². The summed E-state index contributed by atoms with van der Waals surface area (Å²) in [6.45, 7) is 4.03. The van der Waals surface area contributed by atoms with Gasteiger partial charge < -0.3 is 4.74 Å². The fourth-order valence-corrected chi connectivity index (χ4v) is 1.45. The molecule has 2 atom stereocenters. The maximum absolute atomic E-state index is 13.7. The van der Waals surface area contributed by atoms with Gasteiger partial charge in [-0.1, -0.05) is 6.58 Å². The molecule has 0 aromatic rings. The maximum Gasteiger partial charge on any atom is 0.381 e. The number of carbonyl (C=O) groups excluding carboxylic acids is 1. The molecule has 1 fully saturated rings. The molecule has 0 aromatic carbocycles. The number of carbonyl (C=O) groups is 1. The summed E-state index contributed by atoms with van der Waals surface area (Å²) in [5.41, 5.74) is -0.437. The Morgan fingerprint density at radius 3 is 2.22 bits per heavy atom. The van der Waals surface area contributed by atoms with E-state index in [1.807, 2.05) is 0 Å². The molecule has 0 aromatic heterocycles. The predicted octanol–water partition coefficient (Wildman–Crippen LogP) is 3.17. The van der Waals surface area contributed by atoms with Gasteiger partial charge in [0.05, 0.1) is 0 Å². The lowest BCUT2D eigenvalue weighted by atomic mass is 9.86. The Kier molecular flexibility index (Phi) is 3.44. The second kappa shape index (κ2) is 4.17. The van der Waals surface area contributed by atoms with Crippen molar-refractivity contribution in [3.05, 3.63) is 12.2 Å². The first-order chi connectivity index (χ1) is 7.96. The first kappa shape index (κ1) is 14.8. The van der Waals surface area contributed by atoms with Crippen LogP contribution in [0.15, 0.2) is 12.2 Å². The molecule has 0 bridgehead atoms. The minimum absolute atomic E-state index is 0.437. The first-order valence-corrected chi connectivity index (χ1v) is 4.93. The molecule has 0 saturated heterocycles. The molecule has 1 aliphatic carbocycles. The highest BCUT2D eigenvalue weighted by molar-refractivity contribution is 5.87. The number of alkyl halides is 6. The molecule has 104 valence electrons. The summed E-state index contributed by atoms with van der Waals surface area (Å²) in [4.78, 5) is 11.0. The van der Waals surface area contributed by atoms with Gasteiger partial charge in [0.25, 0.3) is 0 Å². The van der Waals surface area contributed by atoms with Gasteiger partial charge in [-0.3, -0.25) is 0 Å². The highest BCUT2D eigenvalue weighted by atomic mass is 19.3. The highest BCUT2D eigenvalue weighted by Gasteiger charge is 2.78. The zero-order valence-electron chi connectivity index (χ0n) is 9.28. The van der Waals surface area contributed by atoms with E-state index in [1.165, 1.54) is 0 Å². The van der Waals surface area contributed by atoms with E-state index in [2.05, 4.69) is 11.3 Å². The van der Waals surface area contributed by atoms with Crippen molar-refractivity contribution in [2.45, 2.75) is 43.6 Å². The number of rotatable bonds is 2. The fraction of sp³-hybridized carbons (Fsp3) is 0.700. The van der Waals surface area contributed by atoms with Crippen molar-refractivity contribution < 1.29 is 35.9 Å². The Balaban J connectivity index is 3.08. The summed E-state index contributed by atoms with van der Waals surface area (Å²) in [5.74, 6) is -16.5. The van der Waals surface area contributed by atoms with Crippen LogP contribution in [-0.2, 0) is 9.53 Å². The van der Waals surface area contributed by atoms with Crippen molar-refractivity contribution in [2.75, 3.05) is 0 Å². The normalized spacial score (nSPS) is 33.8. The van der Waals surface area contributed by atoms with Gasteiger partial charge in [-0.2, -0.15) is 22.0 Å². The summed E-state index contributed by atoms with van der Waals surface area (Å²) in [6, 6.07) is 0. The smallest absolute Gasteiger partial charge is 0.381 e. The van der Waals surface area contributed by atoms with Gasteiger partial charge in [0.1, 0.15) is 0 Å². The molecule has 8 heteroatoms. The lowest BCUT2D eigenvalue weighted by Gasteiger charge is -2.42. The number of ether oxygens (including phenoxy) is 1.